The van der Waals surface area contributed by atoms with Crippen LogP contribution in [0.5, 0.6) is 0 Å². The van der Waals surface area contributed by atoms with Gasteiger partial charge >= 0.3 is 6.09 Å². The third kappa shape index (κ3) is 4.27. The number of carbonyl (C=O) groups excluding carboxylic acids is 2. The molecule has 25 heavy (non-hydrogen) atoms. The number of carbonyl (C=O) groups is 2. The summed E-state index contributed by atoms with van der Waals surface area (Å²) in [6, 6.07) is 7.29. The number of nitrogens with one attached hydrogen (secondary N) is 1. The van der Waals surface area contributed by atoms with Gasteiger partial charge in [0, 0.05) is 18.4 Å². The van der Waals surface area contributed by atoms with Gasteiger partial charge in [-0.2, -0.15) is 0 Å². The van der Waals surface area contributed by atoms with Gasteiger partial charge in [-0.3, -0.25) is 9.69 Å². The Kier molecular flexibility index (Phi) is 5.17. The molecule has 1 aliphatic rings. The highest BCUT2D eigenvalue weighted by atomic mass is 32.2. The van der Waals surface area contributed by atoms with Crippen LogP contribution in [0.15, 0.2) is 29.4 Å². The summed E-state index contributed by atoms with van der Waals surface area (Å²) in [5, 5.41) is 15.0. The number of ether oxygens (including phenoxy) is 1. The molecule has 0 bridgehead atoms. The third-order valence-corrected chi connectivity index (χ3v) is 4.61. The van der Waals surface area contributed by atoms with E-state index in [0.29, 0.717) is 22.6 Å². The highest BCUT2D eigenvalue weighted by Gasteiger charge is 2.28. The fourth-order valence-corrected chi connectivity index (χ4v) is 2.91. The molecule has 10 heteroatoms. The molecule has 0 unspecified atom stereocenters. The van der Waals surface area contributed by atoms with Gasteiger partial charge in [-0.05, 0) is 47.5 Å². The number of thioether (sulfide) groups is 1. The van der Waals surface area contributed by atoms with Crippen molar-refractivity contribution in [2.45, 2.75) is 24.0 Å². The number of hydrogen-bond acceptors (Lipinski definition) is 7. The number of methoxy groups -OCH3 is 1. The van der Waals surface area contributed by atoms with Crippen LogP contribution in [-0.2, 0) is 9.53 Å². The molecule has 0 atom stereocenters. The highest BCUT2D eigenvalue weighted by molar-refractivity contribution is 7.99. The van der Waals surface area contributed by atoms with Crippen molar-refractivity contribution in [3.63, 3.8) is 0 Å². The molecule has 9 nitrogen and oxygen atoms in total. The maximum absolute atomic E-state index is 12.1. The van der Waals surface area contributed by atoms with Gasteiger partial charge in [-0.25, -0.2) is 9.48 Å². The minimum absolute atomic E-state index is 0.149. The summed E-state index contributed by atoms with van der Waals surface area (Å²) in [5.41, 5.74) is 1.32. The molecular weight excluding hydrogens is 344 g/mol. The van der Waals surface area contributed by atoms with E-state index in [4.69, 9.17) is 0 Å². The van der Waals surface area contributed by atoms with E-state index in [0.717, 1.165) is 12.8 Å². The topological polar surface area (TPSA) is 102 Å². The van der Waals surface area contributed by atoms with E-state index in [-0.39, 0.29) is 11.7 Å². The van der Waals surface area contributed by atoms with Crippen LogP contribution in [0.25, 0.3) is 0 Å². The first kappa shape index (κ1) is 17.2. The van der Waals surface area contributed by atoms with Gasteiger partial charge < -0.3 is 10.1 Å². The number of nitrogens with zero attached hydrogens (tertiary/aromatic N) is 5. The number of aromatic nitrogens is 4. The van der Waals surface area contributed by atoms with Crippen molar-refractivity contribution in [3.8, 4) is 0 Å². The lowest BCUT2D eigenvalue weighted by Gasteiger charge is -2.15. The first-order chi connectivity index (χ1) is 12.1. The van der Waals surface area contributed by atoms with E-state index >= 15 is 0 Å². The van der Waals surface area contributed by atoms with Gasteiger partial charge in [-0.15, -0.1) is 5.10 Å². The van der Waals surface area contributed by atoms with Crippen LogP contribution in [0.4, 0.5) is 16.2 Å². The highest BCUT2D eigenvalue weighted by Crippen LogP contribution is 2.36. The van der Waals surface area contributed by atoms with Crippen molar-refractivity contribution in [1.29, 1.82) is 0 Å². The number of hydrogen-bond donors (Lipinski definition) is 1. The van der Waals surface area contributed by atoms with Crippen molar-refractivity contribution in [2.24, 2.45) is 0 Å². The molecule has 2 aromatic rings. The fraction of sp³-hybridized carbons (Fsp3) is 0.400. The predicted molar refractivity (Wildman–Crippen MR) is 92.7 cm³/mol. The Morgan fingerprint density at radius 1 is 1.36 bits per heavy atom. The molecule has 1 saturated carbocycles. The lowest BCUT2D eigenvalue weighted by molar-refractivity contribution is -0.113. The first-order valence-electron chi connectivity index (χ1n) is 7.70. The Morgan fingerprint density at radius 3 is 2.72 bits per heavy atom. The molecule has 1 fully saturated rings. The van der Waals surface area contributed by atoms with Gasteiger partial charge in [0.1, 0.15) is 0 Å². The van der Waals surface area contributed by atoms with Crippen LogP contribution >= 0.6 is 11.8 Å². The molecule has 3 rings (SSSR count). The average Bonchev–Trinajstić information content (AvgIpc) is 3.37. The number of tetrazole rings is 1. The van der Waals surface area contributed by atoms with Crippen molar-refractivity contribution in [1.82, 2.24) is 20.2 Å². The summed E-state index contributed by atoms with van der Waals surface area (Å²) in [6.45, 7) is 0. The smallest absolute Gasteiger partial charge is 0.413 e. The Bertz CT molecular complexity index is 759. The normalized spacial score (nSPS) is 13.4. The van der Waals surface area contributed by atoms with E-state index in [9.17, 15) is 9.59 Å². The zero-order valence-corrected chi connectivity index (χ0v) is 14.7. The average molecular weight is 362 g/mol. The van der Waals surface area contributed by atoms with Crippen LogP contribution in [-0.4, -0.2) is 52.1 Å². The number of amides is 2. The van der Waals surface area contributed by atoms with Crippen molar-refractivity contribution >= 4 is 35.1 Å². The minimum Gasteiger partial charge on any atom is -0.452 e. The molecule has 1 aliphatic carbocycles. The molecule has 1 N–H and O–H groups in total. The van der Waals surface area contributed by atoms with Gasteiger partial charge in [0.05, 0.1) is 18.9 Å². The SMILES string of the molecule is COC(=O)N(C)c1ccc(NC(=O)CSc2nnnn2C2CC2)cc1. The summed E-state index contributed by atoms with van der Waals surface area (Å²) in [4.78, 5) is 24.9. The quantitative estimate of drug-likeness (QED) is 0.783. The maximum atomic E-state index is 12.1. The maximum Gasteiger partial charge on any atom is 0.413 e. The lowest BCUT2D eigenvalue weighted by atomic mass is 10.2. The predicted octanol–water partition coefficient (Wildman–Crippen LogP) is 1.94. The van der Waals surface area contributed by atoms with Gasteiger partial charge in [0.2, 0.25) is 11.1 Å². The van der Waals surface area contributed by atoms with Crippen molar-refractivity contribution in [3.05, 3.63) is 24.3 Å². The molecule has 1 aromatic heterocycles. The summed E-state index contributed by atoms with van der Waals surface area (Å²) in [5.74, 6) is 0.0705. The standard InChI is InChI=1S/C15H18N6O3S/c1-20(15(23)24-2)11-5-3-10(4-6-11)16-13(22)9-25-14-17-18-19-21(14)12-7-8-12/h3-6,12H,7-9H2,1-2H3,(H,16,22). The van der Waals surface area contributed by atoms with E-state index in [1.165, 1.54) is 23.8 Å². The van der Waals surface area contributed by atoms with Gasteiger partial charge in [0.15, 0.2) is 0 Å². The monoisotopic (exact) mass is 362 g/mol. The fourth-order valence-electron chi connectivity index (χ4n) is 2.17. The van der Waals surface area contributed by atoms with Crippen LogP contribution in [0.3, 0.4) is 0 Å². The van der Waals surface area contributed by atoms with E-state index < -0.39 is 6.09 Å². The van der Waals surface area contributed by atoms with Crippen LogP contribution < -0.4 is 10.2 Å². The lowest BCUT2D eigenvalue weighted by Crippen LogP contribution is -2.25. The second-order valence-corrected chi connectivity index (χ2v) is 6.49. The Labute approximate surface area is 148 Å². The van der Waals surface area contributed by atoms with Gasteiger partial charge in [0.25, 0.3) is 0 Å². The van der Waals surface area contributed by atoms with Crippen LogP contribution in [0, 0.1) is 0 Å². The second-order valence-electron chi connectivity index (χ2n) is 5.55. The number of benzene rings is 1. The zero-order valence-electron chi connectivity index (χ0n) is 13.9. The Hall–Kier alpha value is -2.62. The number of anilines is 2. The molecule has 0 aliphatic heterocycles. The molecule has 1 heterocycles. The van der Waals surface area contributed by atoms with Crippen LogP contribution in [0.1, 0.15) is 18.9 Å². The zero-order chi connectivity index (χ0) is 17.8. The van der Waals surface area contributed by atoms with Crippen molar-refractivity contribution in [2.75, 3.05) is 30.1 Å². The van der Waals surface area contributed by atoms with Crippen LogP contribution in [0.2, 0.25) is 0 Å². The molecule has 1 aromatic carbocycles. The van der Waals surface area contributed by atoms with E-state index in [1.54, 1.807) is 36.0 Å². The number of rotatable bonds is 6. The Balaban J connectivity index is 1.52. The minimum atomic E-state index is -0.457. The molecule has 132 valence electrons. The molecule has 2 amide bonds. The first-order valence-corrected chi connectivity index (χ1v) is 8.69. The molecule has 0 radical (unpaired) electrons. The molecule has 0 spiro atoms. The summed E-state index contributed by atoms with van der Waals surface area (Å²) in [7, 11) is 2.94. The molecule has 0 saturated heterocycles. The third-order valence-electron chi connectivity index (χ3n) is 3.67. The molecular formula is C15H18N6O3S. The van der Waals surface area contributed by atoms with E-state index in [2.05, 4.69) is 25.6 Å². The Morgan fingerprint density at radius 2 is 2.08 bits per heavy atom. The largest absolute Gasteiger partial charge is 0.452 e. The van der Waals surface area contributed by atoms with E-state index in [1.807, 2.05) is 0 Å². The summed E-state index contributed by atoms with van der Waals surface area (Å²) in [6.07, 6.45) is 1.70. The summed E-state index contributed by atoms with van der Waals surface area (Å²) >= 11 is 1.31. The van der Waals surface area contributed by atoms with Crippen molar-refractivity contribution < 1.29 is 14.3 Å². The summed E-state index contributed by atoms with van der Waals surface area (Å²) < 4.78 is 6.43. The van der Waals surface area contributed by atoms with Gasteiger partial charge in [-0.1, -0.05) is 11.8 Å². The second kappa shape index (κ2) is 7.51.